The molecule has 1 spiro atoms. The van der Waals surface area contributed by atoms with Crippen molar-refractivity contribution < 1.29 is 27.4 Å². The molecule has 2 aliphatic heterocycles. The fourth-order valence-electron chi connectivity index (χ4n) is 4.96. The first-order valence-electron chi connectivity index (χ1n) is 9.47. The molecule has 0 aromatic heterocycles. The van der Waals surface area contributed by atoms with Gasteiger partial charge in [-0.15, -0.1) is 11.8 Å². The lowest BCUT2D eigenvalue weighted by atomic mass is 9.81. The first-order valence-corrected chi connectivity index (χ1v) is 10.4. The normalized spacial score (nSPS) is 37.3. The van der Waals surface area contributed by atoms with Gasteiger partial charge in [0.05, 0.1) is 28.8 Å². The van der Waals surface area contributed by atoms with Gasteiger partial charge in [0.1, 0.15) is 12.8 Å². The van der Waals surface area contributed by atoms with E-state index in [2.05, 4.69) is 22.5 Å². The number of ether oxygens (including phenoxy) is 2. The average Bonchev–Trinajstić information content (AvgIpc) is 3.38. The maximum absolute atomic E-state index is 12.9. The second-order valence-corrected chi connectivity index (χ2v) is 8.92. The Morgan fingerprint density at radius 3 is 3.00 bits per heavy atom. The van der Waals surface area contributed by atoms with Crippen LogP contribution in [0.25, 0.3) is 0 Å². The van der Waals surface area contributed by atoms with Crippen molar-refractivity contribution in [3.8, 4) is 0 Å². The zero-order valence-corrected chi connectivity index (χ0v) is 16.1. The molecule has 1 saturated carbocycles. The van der Waals surface area contributed by atoms with Crippen molar-refractivity contribution in [1.29, 1.82) is 0 Å². The predicted octanol–water partition coefficient (Wildman–Crippen LogP) is 3.27. The highest BCUT2D eigenvalue weighted by atomic mass is 32.2. The SMILES string of the molecule is O=C(OCC1NC2C3C=CC(C3)(O1)C2C1CN=CS1)c1cccc(C(F)(F)F)c1. The number of carbonyl (C=O) groups excluding carboxylic acids is 1. The zero-order valence-electron chi connectivity index (χ0n) is 15.3. The zero-order chi connectivity index (χ0) is 20.2. The van der Waals surface area contributed by atoms with Crippen molar-refractivity contribution in [2.75, 3.05) is 13.2 Å². The van der Waals surface area contributed by atoms with Gasteiger partial charge in [0.2, 0.25) is 0 Å². The summed E-state index contributed by atoms with van der Waals surface area (Å²) < 4.78 is 50.2. The summed E-state index contributed by atoms with van der Waals surface area (Å²) in [6.45, 7) is 0.712. The van der Waals surface area contributed by atoms with Crippen molar-refractivity contribution in [3.63, 3.8) is 0 Å². The maximum Gasteiger partial charge on any atom is 0.416 e. The van der Waals surface area contributed by atoms with Crippen LogP contribution >= 0.6 is 11.8 Å². The van der Waals surface area contributed by atoms with E-state index in [4.69, 9.17) is 9.47 Å². The monoisotopic (exact) mass is 424 g/mol. The molecule has 5 nitrogen and oxygen atoms in total. The van der Waals surface area contributed by atoms with Crippen LogP contribution in [0, 0.1) is 11.8 Å². The van der Waals surface area contributed by atoms with Gasteiger partial charge >= 0.3 is 12.1 Å². The third-order valence-electron chi connectivity index (χ3n) is 6.12. The van der Waals surface area contributed by atoms with Gasteiger partial charge in [-0.1, -0.05) is 18.2 Å². The molecule has 1 N–H and O–H groups in total. The first-order chi connectivity index (χ1) is 13.9. The summed E-state index contributed by atoms with van der Waals surface area (Å²) in [5, 5.41) is 3.80. The summed E-state index contributed by atoms with van der Waals surface area (Å²) in [6.07, 6.45) is 0.198. The van der Waals surface area contributed by atoms with E-state index in [1.165, 1.54) is 12.1 Å². The molecule has 2 aliphatic carbocycles. The lowest BCUT2D eigenvalue weighted by Crippen LogP contribution is -2.62. The second kappa shape index (κ2) is 6.85. The molecule has 2 heterocycles. The van der Waals surface area contributed by atoms with Crippen LogP contribution in [0.3, 0.4) is 0 Å². The van der Waals surface area contributed by atoms with E-state index in [0.717, 1.165) is 25.1 Å². The predicted molar refractivity (Wildman–Crippen MR) is 102 cm³/mol. The first kappa shape index (κ1) is 19.1. The van der Waals surface area contributed by atoms with Gasteiger partial charge in [0.25, 0.3) is 0 Å². The highest BCUT2D eigenvalue weighted by molar-refractivity contribution is 8.12. The Labute approximate surface area is 169 Å². The fraction of sp³-hybridized carbons (Fsp3) is 0.500. The van der Waals surface area contributed by atoms with E-state index in [1.807, 2.05) is 5.55 Å². The largest absolute Gasteiger partial charge is 0.458 e. The van der Waals surface area contributed by atoms with Crippen LogP contribution in [0.2, 0.25) is 0 Å². The minimum Gasteiger partial charge on any atom is -0.458 e. The molecule has 6 unspecified atom stereocenters. The highest BCUT2D eigenvalue weighted by Crippen LogP contribution is 2.55. The summed E-state index contributed by atoms with van der Waals surface area (Å²) in [5.41, 5.74) is 0.494. The van der Waals surface area contributed by atoms with E-state index in [9.17, 15) is 18.0 Å². The Bertz CT molecular complexity index is 882. The average molecular weight is 424 g/mol. The summed E-state index contributed by atoms with van der Waals surface area (Å²) in [5.74, 6) is -0.139. The molecule has 154 valence electrons. The lowest BCUT2D eigenvalue weighted by molar-refractivity contribution is -0.148. The number of esters is 1. The number of halogens is 3. The number of alkyl halides is 3. The molecule has 1 saturated heterocycles. The number of benzene rings is 1. The number of nitrogens with zero attached hydrogens (tertiary/aromatic N) is 1. The van der Waals surface area contributed by atoms with Gasteiger partial charge in [-0.2, -0.15) is 13.2 Å². The summed E-state index contributed by atoms with van der Waals surface area (Å²) in [4.78, 5) is 16.6. The fourth-order valence-corrected chi connectivity index (χ4v) is 6.03. The molecular formula is C20H19F3N2O3S. The van der Waals surface area contributed by atoms with Crippen LogP contribution in [0.4, 0.5) is 13.2 Å². The van der Waals surface area contributed by atoms with Gasteiger partial charge in [-0.25, -0.2) is 4.79 Å². The standard InChI is InChI=1S/C20H19F3N2O3S/c21-20(22,23)13-3-1-2-11(6-13)18(26)27-9-15-25-17-12-4-5-19(7-12,28-15)16(17)14-8-24-10-29-14/h1-6,10,12,14-17,25H,7-9H2. The number of hydrogen-bond donors (Lipinski definition) is 1. The number of fused-ring (bicyclic) bond motifs is 3. The second-order valence-electron chi connectivity index (χ2n) is 7.83. The van der Waals surface area contributed by atoms with Crippen LogP contribution in [0.5, 0.6) is 0 Å². The molecule has 29 heavy (non-hydrogen) atoms. The molecule has 2 fully saturated rings. The van der Waals surface area contributed by atoms with Gasteiger partial charge in [-0.05, 0) is 30.5 Å². The lowest BCUT2D eigenvalue weighted by Gasteiger charge is -2.47. The van der Waals surface area contributed by atoms with Crippen molar-refractivity contribution in [3.05, 3.63) is 47.5 Å². The third-order valence-corrected chi connectivity index (χ3v) is 7.18. The molecule has 1 aromatic carbocycles. The van der Waals surface area contributed by atoms with Crippen LogP contribution in [-0.4, -0.2) is 47.8 Å². The van der Waals surface area contributed by atoms with Crippen molar-refractivity contribution in [1.82, 2.24) is 5.32 Å². The molecule has 0 amide bonds. The maximum atomic E-state index is 12.9. The van der Waals surface area contributed by atoms with Gasteiger partial charge < -0.3 is 9.47 Å². The Morgan fingerprint density at radius 2 is 2.28 bits per heavy atom. The van der Waals surface area contributed by atoms with E-state index < -0.39 is 23.9 Å². The summed E-state index contributed by atoms with van der Waals surface area (Å²) >= 11 is 1.73. The van der Waals surface area contributed by atoms with Gasteiger partial charge in [0.15, 0.2) is 0 Å². The Morgan fingerprint density at radius 1 is 1.41 bits per heavy atom. The van der Waals surface area contributed by atoms with E-state index in [0.29, 0.717) is 17.1 Å². The van der Waals surface area contributed by atoms with Crippen LogP contribution in [0.15, 0.2) is 41.4 Å². The molecule has 1 aromatic rings. The summed E-state index contributed by atoms with van der Waals surface area (Å²) in [6, 6.07) is 4.45. The van der Waals surface area contributed by atoms with E-state index in [1.54, 1.807) is 11.8 Å². The molecule has 0 radical (unpaired) electrons. The minimum atomic E-state index is -4.51. The minimum absolute atomic E-state index is 0.0606. The molecule has 4 aliphatic rings. The quantitative estimate of drug-likeness (QED) is 0.594. The molecule has 9 heteroatoms. The number of rotatable bonds is 4. The smallest absolute Gasteiger partial charge is 0.416 e. The Kier molecular flexibility index (Phi) is 4.52. The number of nitrogens with one attached hydrogen (secondary N) is 1. The number of thioether (sulfide) groups is 1. The van der Waals surface area contributed by atoms with Crippen LogP contribution in [0.1, 0.15) is 22.3 Å². The Balaban J connectivity index is 1.24. The van der Waals surface area contributed by atoms with Crippen LogP contribution < -0.4 is 5.32 Å². The number of aliphatic imine (C=N–C) groups is 1. The van der Waals surface area contributed by atoms with E-state index >= 15 is 0 Å². The van der Waals surface area contributed by atoms with Gasteiger partial charge in [0, 0.05) is 17.2 Å². The molecular weight excluding hydrogens is 405 g/mol. The Hall–Kier alpha value is -1.84. The molecule has 6 atom stereocenters. The van der Waals surface area contributed by atoms with Gasteiger partial charge in [-0.3, -0.25) is 10.3 Å². The number of hydrogen-bond acceptors (Lipinski definition) is 6. The van der Waals surface area contributed by atoms with E-state index in [-0.39, 0.29) is 23.8 Å². The summed E-state index contributed by atoms with van der Waals surface area (Å²) in [7, 11) is 0. The highest BCUT2D eigenvalue weighted by Gasteiger charge is 2.62. The van der Waals surface area contributed by atoms with Crippen LogP contribution in [-0.2, 0) is 15.7 Å². The topological polar surface area (TPSA) is 59.9 Å². The van der Waals surface area contributed by atoms with Crippen molar-refractivity contribution in [2.24, 2.45) is 16.8 Å². The molecule has 3 bridgehead atoms. The van der Waals surface area contributed by atoms with Crippen molar-refractivity contribution in [2.45, 2.75) is 35.7 Å². The number of carbonyl (C=O) groups is 1. The third kappa shape index (κ3) is 3.29. The molecule has 5 rings (SSSR count). The van der Waals surface area contributed by atoms with Crippen molar-refractivity contribution >= 4 is 23.3 Å².